The number of carbonyl (C=O) groups is 1. The molecule has 0 aliphatic heterocycles. The lowest BCUT2D eigenvalue weighted by atomic mass is 10.1. The minimum Gasteiger partial charge on any atom is -0.298 e. The average molecular weight is 281 g/mol. The first-order valence-corrected chi connectivity index (χ1v) is 6.57. The highest BCUT2D eigenvalue weighted by atomic mass is 16.1. The van der Waals surface area contributed by atoms with Crippen molar-refractivity contribution in [2.45, 2.75) is 13.8 Å². The van der Waals surface area contributed by atoms with Crippen LogP contribution in [0.2, 0.25) is 0 Å². The number of rotatable bonds is 3. The van der Waals surface area contributed by atoms with Crippen LogP contribution in [0.5, 0.6) is 0 Å². The van der Waals surface area contributed by atoms with Gasteiger partial charge < -0.3 is 0 Å². The highest BCUT2D eigenvalue weighted by Crippen LogP contribution is 2.24. The molecule has 0 spiro atoms. The van der Waals surface area contributed by atoms with Crippen LogP contribution in [0.1, 0.15) is 21.6 Å². The van der Waals surface area contributed by atoms with Crippen LogP contribution >= 0.6 is 0 Å². The number of pyridine rings is 1. The number of hydrogen-bond donors (Lipinski definition) is 0. The van der Waals surface area contributed by atoms with Crippen molar-refractivity contribution in [2.24, 2.45) is 7.05 Å². The second-order valence-electron chi connectivity index (χ2n) is 4.99. The third kappa shape index (κ3) is 2.35. The molecule has 21 heavy (non-hydrogen) atoms. The van der Waals surface area contributed by atoms with Crippen LogP contribution in [0.4, 0.5) is 0 Å². The Kier molecular flexibility index (Phi) is 3.13. The van der Waals surface area contributed by atoms with Crippen LogP contribution in [0.15, 0.2) is 30.7 Å². The SMILES string of the molecule is Cc1ccnc(-n2cc(C=O)c(-c3cn(C)nc3C)n2)c1. The van der Waals surface area contributed by atoms with Crippen molar-refractivity contribution in [3.05, 3.63) is 47.5 Å². The van der Waals surface area contributed by atoms with Gasteiger partial charge in [0.05, 0.1) is 11.3 Å². The van der Waals surface area contributed by atoms with Gasteiger partial charge in [-0.1, -0.05) is 0 Å². The van der Waals surface area contributed by atoms with Crippen LogP contribution in [-0.2, 0) is 7.05 Å². The third-order valence-corrected chi connectivity index (χ3v) is 3.27. The maximum absolute atomic E-state index is 11.3. The zero-order chi connectivity index (χ0) is 15.0. The number of aromatic nitrogens is 5. The number of carbonyl (C=O) groups excluding carboxylic acids is 1. The maximum atomic E-state index is 11.3. The van der Waals surface area contributed by atoms with Gasteiger partial charge in [0.2, 0.25) is 0 Å². The molecule has 0 atom stereocenters. The molecule has 6 heteroatoms. The third-order valence-electron chi connectivity index (χ3n) is 3.27. The number of nitrogens with zero attached hydrogens (tertiary/aromatic N) is 5. The monoisotopic (exact) mass is 281 g/mol. The zero-order valence-corrected chi connectivity index (χ0v) is 12.1. The Labute approximate surface area is 122 Å². The largest absolute Gasteiger partial charge is 0.298 e. The molecule has 0 aliphatic rings. The summed E-state index contributed by atoms with van der Waals surface area (Å²) < 4.78 is 3.34. The normalized spacial score (nSPS) is 10.8. The Morgan fingerprint density at radius 3 is 2.62 bits per heavy atom. The minimum atomic E-state index is 0.523. The van der Waals surface area contributed by atoms with E-state index in [2.05, 4.69) is 15.2 Å². The van der Waals surface area contributed by atoms with E-state index in [9.17, 15) is 4.79 Å². The topological polar surface area (TPSA) is 65.6 Å². The lowest BCUT2D eigenvalue weighted by molar-refractivity contribution is 0.112. The zero-order valence-electron chi connectivity index (χ0n) is 12.1. The predicted octanol–water partition coefficient (Wildman–Crippen LogP) is 2.10. The standard InChI is InChI=1S/C15H15N5O/c1-10-4-5-16-14(6-10)20-7-12(9-21)15(18-20)13-8-19(3)17-11(13)2/h4-9H,1-3H3. The first-order chi connectivity index (χ1) is 10.1. The summed E-state index contributed by atoms with van der Waals surface area (Å²) in [5.41, 5.74) is 3.92. The molecule has 6 nitrogen and oxygen atoms in total. The van der Waals surface area contributed by atoms with E-state index in [4.69, 9.17) is 0 Å². The molecular weight excluding hydrogens is 266 g/mol. The predicted molar refractivity (Wildman–Crippen MR) is 78.4 cm³/mol. The van der Waals surface area contributed by atoms with Gasteiger partial charge in [-0.15, -0.1) is 0 Å². The van der Waals surface area contributed by atoms with E-state index >= 15 is 0 Å². The molecule has 3 aromatic heterocycles. The van der Waals surface area contributed by atoms with Crippen LogP contribution < -0.4 is 0 Å². The van der Waals surface area contributed by atoms with E-state index in [1.165, 1.54) is 0 Å². The quantitative estimate of drug-likeness (QED) is 0.690. The Bertz CT molecular complexity index is 815. The fourth-order valence-corrected chi connectivity index (χ4v) is 2.28. The molecule has 3 rings (SSSR count). The molecule has 0 saturated heterocycles. The van der Waals surface area contributed by atoms with Gasteiger partial charge in [-0.2, -0.15) is 10.2 Å². The second kappa shape index (κ2) is 4.97. The van der Waals surface area contributed by atoms with E-state index in [0.717, 1.165) is 23.1 Å². The Hall–Kier alpha value is -2.76. The summed E-state index contributed by atoms with van der Waals surface area (Å²) in [5.74, 6) is 0.686. The molecule has 0 bridgehead atoms. The second-order valence-corrected chi connectivity index (χ2v) is 4.99. The Balaban J connectivity index is 2.15. The molecule has 0 amide bonds. The van der Waals surface area contributed by atoms with Crippen molar-refractivity contribution >= 4 is 6.29 Å². The molecule has 0 aromatic carbocycles. The highest BCUT2D eigenvalue weighted by molar-refractivity contribution is 5.86. The van der Waals surface area contributed by atoms with Gasteiger partial charge in [0, 0.05) is 31.2 Å². The summed E-state index contributed by atoms with van der Waals surface area (Å²) in [7, 11) is 1.84. The van der Waals surface area contributed by atoms with Crippen LogP contribution in [0, 0.1) is 13.8 Å². The lowest BCUT2D eigenvalue weighted by Crippen LogP contribution is -1.98. The molecule has 0 fully saturated rings. The van der Waals surface area contributed by atoms with Crippen LogP contribution in [-0.4, -0.2) is 30.8 Å². The fraction of sp³-hybridized carbons (Fsp3) is 0.200. The van der Waals surface area contributed by atoms with E-state index in [0.29, 0.717) is 17.1 Å². The van der Waals surface area contributed by atoms with Gasteiger partial charge >= 0.3 is 0 Å². The smallest absolute Gasteiger partial charge is 0.153 e. The van der Waals surface area contributed by atoms with E-state index in [1.807, 2.05) is 39.2 Å². The van der Waals surface area contributed by atoms with E-state index in [1.54, 1.807) is 21.8 Å². The Morgan fingerprint density at radius 1 is 1.19 bits per heavy atom. The van der Waals surface area contributed by atoms with Gasteiger partial charge in [0.25, 0.3) is 0 Å². The Morgan fingerprint density at radius 2 is 2.00 bits per heavy atom. The summed E-state index contributed by atoms with van der Waals surface area (Å²) in [6, 6.07) is 3.83. The maximum Gasteiger partial charge on any atom is 0.153 e. The van der Waals surface area contributed by atoms with Gasteiger partial charge in [-0.05, 0) is 31.5 Å². The molecule has 3 aromatic rings. The fourth-order valence-electron chi connectivity index (χ4n) is 2.28. The van der Waals surface area contributed by atoms with Gasteiger partial charge in [0.15, 0.2) is 12.1 Å². The van der Waals surface area contributed by atoms with E-state index in [-0.39, 0.29) is 0 Å². The van der Waals surface area contributed by atoms with E-state index < -0.39 is 0 Å². The summed E-state index contributed by atoms with van der Waals surface area (Å²) in [6.45, 7) is 3.88. The van der Waals surface area contributed by atoms with Gasteiger partial charge in [0.1, 0.15) is 5.69 Å². The lowest BCUT2D eigenvalue weighted by Gasteiger charge is -2.00. The molecule has 3 heterocycles. The van der Waals surface area contributed by atoms with Crippen molar-refractivity contribution in [3.8, 4) is 17.1 Å². The molecule has 0 N–H and O–H groups in total. The van der Waals surface area contributed by atoms with Crippen molar-refractivity contribution in [3.63, 3.8) is 0 Å². The average Bonchev–Trinajstić information content (AvgIpc) is 3.01. The van der Waals surface area contributed by atoms with Crippen LogP contribution in [0.25, 0.3) is 17.1 Å². The number of aldehydes is 1. The van der Waals surface area contributed by atoms with Crippen molar-refractivity contribution < 1.29 is 4.79 Å². The molecule has 0 radical (unpaired) electrons. The number of aryl methyl sites for hydroxylation is 3. The van der Waals surface area contributed by atoms with Gasteiger partial charge in [-0.3, -0.25) is 9.48 Å². The van der Waals surface area contributed by atoms with Crippen LogP contribution in [0.3, 0.4) is 0 Å². The molecule has 0 saturated carbocycles. The molecule has 0 aliphatic carbocycles. The number of hydrogen-bond acceptors (Lipinski definition) is 4. The summed E-state index contributed by atoms with van der Waals surface area (Å²) in [6.07, 6.45) is 6.08. The first kappa shape index (κ1) is 13.2. The molecule has 0 unspecified atom stereocenters. The van der Waals surface area contributed by atoms with Crippen molar-refractivity contribution in [1.29, 1.82) is 0 Å². The van der Waals surface area contributed by atoms with Crippen molar-refractivity contribution in [2.75, 3.05) is 0 Å². The summed E-state index contributed by atoms with van der Waals surface area (Å²) in [4.78, 5) is 15.6. The first-order valence-electron chi connectivity index (χ1n) is 6.57. The van der Waals surface area contributed by atoms with Gasteiger partial charge in [-0.25, -0.2) is 9.67 Å². The minimum absolute atomic E-state index is 0.523. The summed E-state index contributed by atoms with van der Waals surface area (Å²) >= 11 is 0. The van der Waals surface area contributed by atoms with Crippen molar-refractivity contribution in [1.82, 2.24) is 24.5 Å². The molecular formula is C15H15N5O. The highest BCUT2D eigenvalue weighted by Gasteiger charge is 2.16. The summed E-state index contributed by atoms with van der Waals surface area (Å²) in [5, 5.41) is 8.80. The molecule has 106 valence electrons.